The lowest BCUT2D eigenvalue weighted by atomic mass is 10.3. The van der Waals surface area contributed by atoms with Crippen LogP contribution in [0.4, 0.5) is 0 Å². The van der Waals surface area contributed by atoms with Gasteiger partial charge in [-0.05, 0) is 6.42 Å². The van der Waals surface area contributed by atoms with Crippen molar-refractivity contribution in [2.45, 2.75) is 19.8 Å². The van der Waals surface area contributed by atoms with E-state index in [2.05, 4.69) is 17.2 Å². The minimum absolute atomic E-state index is 0.0507. The number of rotatable bonds is 5. The molecular formula is C9H20N4O. The number of hydrogen-bond donors (Lipinski definition) is 2. The Bertz CT molecular complexity index is 201. The van der Waals surface area contributed by atoms with E-state index in [0.29, 0.717) is 5.96 Å². The zero-order valence-corrected chi connectivity index (χ0v) is 9.21. The minimum Gasteiger partial charge on any atom is -0.370 e. The van der Waals surface area contributed by atoms with Crippen LogP contribution in [0.5, 0.6) is 0 Å². The van der Waals surface area contributed by atoms with E-state index in [1.54, 1.807) is 14.1 Å². The third-order valence-electron chi connectivity index (χ3n) is 1.72. The molecule has 0 aromatic heterocycles. The predicted octanol–water partition coefficient (Wildman–Crippen LogP) is -0.221. The molecule has 0 aliphatic heterocycles. The molecule has 0 aliphatic carbocycles. The second kappa shape index (κ2) is 7.17. The van der Waals surface area contributed by atoms with E-state index in [-0.39, 0.29) is 12.5 Å². The number of likely N-dealkylation sites (N-methyl/N-ethyl adjacent to an activating group) is 1. The molecule has 0 saturated heterocycles. The van der Waals surface area contributed by atoms with Gasteiger partial charge in [-0.15, -0.1) is 0 Å². The minimum atomic E-state index is -0.0507. The number of nitrogens with one attached hydrogen (secondary N) is 1. The maximum absolute atomic E-state index is 11.1. The van der Waals surface area contributed by atoms with Crippen LogP contribution in [0, 0.1) is 0 Å². The monoisotopic (exact) mass is 200 g/mol. The first-order valence-corrected chi connectivity index (χ1v) is 4.81. The highest BCUT2D eigenvalue weighted by molar-refractivity contribution is 5.83. The van der Waals surface area contributed by atoms with E-state index in [0.717, 1.165) is 19.4 Å². The summed E-state index contributed by atoms with van der Waals surface area (Å²) < 4.78 is 0. The average molecular weight is 200 g/mol. The molecule has 1 amide bonds. The highest BCUT2D eigenvalue weighted by Gasteiger charge is 2.01. The van der Waals surface area contributed by atoms with E-state index in [1.807, 2.05) is 0 Å². The molecule has 0 atom stereocenters. The molecule has 3 N–H and O–H groups in total. The van der Waals surface area contributed by atoms with Crippen molar-refractivity contribution in [1.29, 1.82) is 0 Å². The van der Waals surface area contributed by atoms with Crippen LogP contribution < -0.4 is 11.1 Å². The van der Waals surface area contributed by atoms with Crippen LogP contribution in [-0.4, -0.2) is 44.0 Å². The van der Waals surface area contributed by atoms with Crippen molar-refractivity contribution in [3.63, 3.8) is 0 Å². The number of aliphatic imine (C=N–C) groups is 1. The third kappa shape index (κ3) is 6.28. The van der Waals surface area contributed by atoms with Crippen LogP contribution in [0.25, 0.3) is 0 Å². The van der Waals surface area contributed by atoms with Gasteiger partial charge in [0.25, 0.3) is 0 Å². The Balaban J connectivity index is 3.70. The highest BCUT2D eigenvalue weighted by atomic mass is 16.2. The first kappa shape index (κ1) is 12.7. The Morgan fingerprint density at radius 3 is 2.64 bits per heavy atom. The van der Waals surface area contributed by atoms with E-state index in [9.17, 15) is 4.79 Å². The van der Waals surface area contributed by atoms with E-state index >= 15 is 0 Å². The molecule has 0 bridgehead atoms. The summed E-state index contributed by atoms with van der Waals surface area (Å²) in [6.45, 7) is 3.02. The number of guanidine groups is 1. The van der Waals surface area contributed by atoms with Gasteiger partial charge < -0.3 is 16.0 Å². The fourth-order valence-electron chi connectivity index (χ4n) is 0.743. The van der Waals surface area contributed by atoms with Crippen molar-refractivity contribution >= 4 is 11.9 Å². The lowest BCUT2D eigenvalue weighted by molar-refractivity contribution is -0.127. The number of carbonyl (C=O) groups excluding carboxylic acids is 1. The van der Waals surface area contributed by atoms with Crippen molar-refractivity contribution in [2.75, 3.05) is 27.2 Å². The molecule has 82 valence electrons. The zero-order chi connectivity index (χ0) is 11.0. The SMILES string of the molecule is CCCCNC(N)=NCC(=O)N(C)C. The van der Waals surface area contributed by atoms with Crippen LogP contribution in [-0.2, 0) is 4.79 Å². The summed E-state index contributed by atoms with van der Waals surface area (Å²) in [4.78, 5) is 16.5. The summed E-state index contributed by atoms with van der Waals surface area (Å²) in [6, 6.07) is 0. The normalized spacial score (nSPS) is 11.2. The molecular weight excluding hydrogens is 180 g/mol. The standard InChI is InChI=1S/C9H20N4O/c1-4-5-6-11-9(10)12-7-8(14)13(2)3/h4-7H2,1-3H3,(H3,10,11,12). The van der Waals surface area contributed by atoms with Crippen molar-refractivity contribution in [3.8, 4) is 0 Å². The number of carbonyl (C=O) groups is 1. The van der Waals surface area contributed by atoms with Gasteiger partial charge in [0.05, 0.1) is 0 Å². The number of unbranched alkanes of at least 4 members (excludes halogenated alkanes) is 1. The molecule has 0 heterocycles. The highest BCUT2D eigenvalue weighted by Crippen LogP contribution is 1.83. The van der Waals surface area contributed by atoms with Gasteiger partial charge in [-0.1, -0.05) is 13.3 Å². The second-order valence-electron chi connectivity index (χ2n) is 3.27. The Labute approximate surface area is 85.4 Å². The molecule has 0 fully saturated rings. The molecule has 5 heteroatoms. The molecule has 0 radical (unpaired) electrons. The molecule has 5 nitrogen and oxygen atoms in total. The van der Waals surface area contributed by atoms with Gasteiger partial charge >= 0.3 is 0 Å². The van der Waals surface area contributed by atoms with Crippen molar-refractivity contribution in [3.05, 3.63) is 0 Å². The molecule has 0 saturated carbocycles. The Morgan fingerprint density at radius 2 is 2.14 bits per heavy atom. The first-order valence-electron chi connectivity index (χ1n) is 4.81. The van der Waals surface area contributed by atoms with Crippen LogP contribution in [0.3, 0.4) is 0 Å². The maximum Gasteiger partial charge on any atom is 0.243 e. The summed E-state index contributed by atoms with van der Waals surface area (Å²) in [5, 5.41) is 2.93. The summed E-state index contributed by atoms with van der Waals surface area (Å²) in [6.07, 6.45) is 2.16. The summed E-state index contributed by atoms with van der Waals surface area (Å²) in [5.41, 5.74) is 5.53. The Hall–Kier alpha value is -1.26. The molecule has 0 aromatic rings. The van der Waals surface area contributed by atoms with Gasteiger partial charge in [-0.2, -0.15) is 0 Å². The summed E-state index contributed by atoms with van der Waals surface area (Å²) in [5.74, 6) is 0.291. The smallest absolute Gasteiger partial charge is 0.243 e. The number of amides is 1. The van der Waals surface area contributed by atoms with Gasteiger partial charge in [-0.25, -0.2) is 4.99 Å². The van der Waals surface area contributed by atoms with Crippen molar-refractivity contribution in [2.24, 2.45) is 10.7 Å². The Morgan fingerprint density at radius 1 is 1.50 bits per heavy atom. The van der Waals surface area contributed by atoms with E-state index < -0.39 is 0 Å². The number of hydrogen-bond acceptors (Lipinski definition) is 2. The summed E-state index contributed by atoms with van der Waals surface area (Å²) in [7, 11) is 3.39. The first-order chi connectivity index (χ1) is 6.57. The van der Waals surface area contributed by atoms with Gasteiger partial charge in [-0.3, -0.25) is 4.79 Å². The number of nitrogens with zero attached hydrogens (tertiary/aromatic N) is 2. The van der Waals surface area contributed by atoms with Crippen LogP contribution in [0.2, 0.25) is 0 Å². The quantitative estimate of drug-likeness (QED) is 0.366. The second-order valence-corrected chi connectivity index (χ2v) is 3.27. The van der Waals surface area contributed by atoms with Crippen molar-refractivity contribution in [1.82, 2.24) is 10.2 Å². The molecule has 0 unspecified atom stereocenters. The molecule has 0 aliphatic rings. The fourth-order valence-corrected chi connectivity index (χ4v) is 0.743. The molecule has 14 heavy (non-hydrogen) atoms. The third-order valence-corrected chi connectivity index (χ3v) is 1.72. The Kier molecular flexibility index (Phi) is 6.53. The van der Waals surface area contributed by atoms with Gasteiger partial charge in [0.15, 0.2) is 5.96 Å². The average Bonchev–Trinajstić information content (AvgIpc) is 2.14. The lowest BCUT2D eigenvalue weighted by Gasteiger charge is -2.08. The molecule has 0 rings (SSSR count). The van der Waals surface area contributed by atoms with Crippen LogP contribution in [0.15, 0.2) is 4.99 Å². The van der Waals surface area contributed by atoms with Gasteiger partial charge in [0.2, 0.25) is 5.91 Å². The number of nitrogens with two attached hydrogens (primary N) is 1. The zero-order valence-electron chi connectivity index (χ0n) is 9.21. The van der Waals surface area contributed by atoms with E-state index in [1.165, 1.54) is 4.90 Å². The van der Waals surface area contributed by atoms with Gasteiger partial charge in [0, 0.05) is 20.6 Å². The fraction of sp³-hybridized carbons (Fsp3) is 0.778. The molecule has 0 aromatic carbocycles. The largest absolute Gasteiger partial charge is 0.370 e. The topological polar surface area (TPSA) is 70.7 Å². The maximum atomic E-state index is 11.1. The van der Waals surface area contributed by atoms with Crippen molar-refractivity contribution < 1.29 is 4.79 Å². The van der Waals surface area contributed by atoms with Crippen LogP contribution >= 0.6 is 0 Å². The molecule has 0 spiro atoms. The van der Waals surface area contributed by atoms with Crippen LogP contribution in [0.1, 0.15) is 19.8 Å². The predicted molar refractivity (Wildman–Crippen MR) is 58.1 cm³/mol. The van der Waals surface area contributed by atoms with E-state index in [4.69, 9.17) is 5.73 Å². The van der Waals surface area contributed by atoms with Gasteiger partial charge in [0.1, 0.15) is 6.54 Å². The summed E-state index contributed by atoms with van der Waals surface area (Å²) >= 11 is 0. The lowest BCUT2D eigenvalue weighted by Crippen LogP contribution is -2.34.